The van der Waals surface area contributed by atoms with E-state index in [2.05, 4.69) is 4.98 Å². The molecule has 28 heavy (non-hydrogen) atoms. The highest BCUT2D eigenvalue weighted by Crippen LogP contribution is 2.31. The van der Waals surface area contributed by atoms with Gasteiger partial charge in [-0.2, -0.15) is 0 Å². The Morgan fingerprint density at radius 3 is 2.46 bits per heavy atom. The van der Waals surface area contributed by atoms with Crippen molar-refractivity contribution >= 4 is 33.8 Å². The number of carbonyl (C=O) groups excluding carboxylic acids is 2. The van der Waals surface area contributed by atoms with Gasteiger partial charge in [-0.3, -0.25) is 14.5 Å². The van der Waals surface area contributed by atoms with Gasteiger partial charge in [-0.05, 0) is 44.2 Å². The van der Waals surface area contributed by atoms with Gasteiger partial charge in [-0.15, -0.1) is 11.3 Å². The first kappa shape index (κ1) is 19.6. The van der Waals surface area contributed by atoms with Crippen LogP contribution in [0.3, 0.4) is 0 Å². The Kier molecular flexibility index (Phi) is 6.06. The fourth-order valence-corrected chi connectivity index (χ4v) is 3.43. The van der Waals surface area contributed by atoms with Gasteiger partial charge in [0.05, 0.1) is 18.5 Å². The van der Waals surface area contributed by atoms with Gasteiger partial charge >= 0.3 is 0 Å². The highest BCUT2D eigenvalue weighted by atomic mass is 32.1. The summed E-state index contributed by atoms with van der Waals surface area (Å²) < 4.78 is 11.0. The molecule has 0 bridgehead atoms. The molecule has 1 heterocycles. The average Bonchev–Trinajstić information content (AvgIpc) is 3.12. The highest BCUT2D eigenvalue weighted by Gasteiger charge is 2.22. The molecule has 0 aliphatic heterocycles. The molecule has 144 valence electrons. The number of hydrogen-bond donors (Lipinski definition) is 0. The second-order valence-corrected chi connectivity index (χ2v) is 6.88. The highest BCUT2D eigenvalue weighted by molar-refractivity contribution is 7.14. The molecule has 0 N–H and O–H groups in total. The van der Waals surface area contributed by atoms with Crippen LogP contribution < -0.4 is 14.4 Å². The van der Waals surface area contributed by atoms with Gasteiger partial charge in [0.1, 0.15) is 0 Å². The normalized spacial score (nSPS) is 10.4. The van der Waals surface area contributed by atoms with E-state index in [-0.39, 0.29) is 18.3 Å². The number of ether oxygens (including phenoxy) is 2. The number of anilines is 2. The number of aromatic nitrogens is 1. The van der Waals surface area contributed by atoms with Gasteiger partial charge in [0.25, 0.3) is 5.91 Å². The van der Waals surface area contributed by atoms with Crippen molar-refractivity contribution < 1.29 is 19.1 Å². The third-order valence-electron chi connectivity index (χ3n) is 3.98. The number of Topliss-reactive ketones (excluding diaryl/α,β-unsaturated/α-hetero) is 1. The van der Waals surface area contributed by atoms with Crippen LogP contribution in [0.1, 0.15) is 23.0 Å². The average molecular weight is 396 g/mol. The number of para-hydroxylation sites is 1. The van der Waals surface area contributed by atoms with E-state index in [1.807, 2.05) is 42.6 Å². The zero-order valence-corrected chi connectivity index (χ0v) is 16.7. The number of ketones is 1. The number of benzene rings is 2. The minimum Gasteiger partial charge on any atom is -0.493 e. The Labute approximate surface area is 167 Å². The molecule has 1 amide bonds. The second-order valence-electron chi connectivity index (χ2n) is 6.05. The zero-order chi connectivity index (χ0) is 20.1. The van der Waals surface area contributed by atoms with Crippen LogP contribution in [0.2, 0.25) is 0 Å². The number of nitrogens with zero attached hydrogens (tertiary/aromatic N) is 2. The summed E-state index contributed by atoms with van der Waals surface area (Å²) in [5.74, 6) is 0.453. The predicted molar refractivity (Wildman–Crippen MR) is 109 cm³/mol. The van der Waals surface area contributed by atoms with E-state index >= 15 is 0 Å². The minimum absolute atomic E-state index is 0.0738. The molecule has 2 aromatic carbocycles. The summed E-state index contributed by atoms with van der Waals surface area (Å²) in [6.07, 6.45) is 0. The van der Waals surface area contributed by atoms with Gasteiger partial charge < -0.3 is 9.47 Å². The van der Waals surface area contributed by atoms with E-state index in [9.17, 15) is 9.59 Å². The summed E-state index contributed by atoms with van der Waals surface area (Å²) in [5, 5.41) is 2.47. The fraction of sp³-hybridized carbons (Fsp3) is 0.190. The quantitative estimate of drug-likeness (QED) is 0.554. The minimum atomic E-state index is -0.266. The van der Waals surface area contributed by atoms with E-state index < -0.39 is 0 Å². The van der Waals surface area contributed by atoms with Crippen molar-refractivity contribution in [2.75, 3.05) is 18.6 Å². The van der Waals surface area contributed by atoms with Crippen molar-refractivity contribution in [2.24, 2.45) is 0 Å². The van der Waals surface area contributed by atoms with Crippen LogP contribution in [-0.2, 0) is 4.79 Å². The summed E-state index contributed by atoms with van der Waals surface area (Å²) in [5.41, 5.74) is 2.07. The molecule has 0 aliphatic rings. The molecule has 0 saturated carbocycles. The molecule has 3 aromatic rings. The lowest BCUT2D eigenvalue weighted by molar-refractivity contribution is -0.119. The van der Waals surface area contributed by atoms with E-state index in [1.54, 1.807) is 18.2 Å². The van der Waals surface area contributed by atoms with Gasteiger partial charge in [0.15, 0.2) is 29.0 Å². The van der Waals surface area contributed by atoms with Crippen LogP contribution in [-0.4, -0.2) is 30.4 Å². The largest absolute Gasteiger partial charge is 0.493 e. The summed E-state index contributed by atoms with van der Waals surface area (Å²) >= 11 is 1.39. The number of hydrogen-bond acceptors (Lipinski definition) is 6. The van der Waals surface area contributed by atoms with Crippen molar-refractivity contribution in [3.63, 3.8) is 0 Å². The van der Waals surface area contributed by atoms with Crippen molar-refractivity contribution in [2.45, 2.75) is 13.8 Å². The van der Waals surface area contributed by atoms with Gasteiger partial charge in [0, 0.05) is 10.9 Å². The van der Waals surface area contributed by atoms with E-state index in [4.69, 9.17) is 9.47 Å². The molecule has 0 aliphatic carbocycles. The molecule has 0 spiro atoms. The predicted octanol–water partition coefficient (Wildman–Crippen LogP) is 4.41. The number of aryl methyl sites for hydroxylation is 1. The topological polar surface area (TPSA) is 68.7 Å². The summed E-state index contributed by atoms with van der Waals surface area (Å²) in [4.78, 5) is 30.5. The first-order chi connectivity index (χ1) is 13.5. The number of carbonyl (C=O) groups is 2. The van der Waals surface area contributed by atoms with E-state index in [0.717, 1.165) is 5.69 Å². The van der Waals surface area contributed by atoms with E-state index in [1.165, 1.54) is 30.3 Å². The van der Waals surface area contributed by atoms with Crippen LogP contribution in [0.4, 0.5) is 10.8 Å². The molecule has 0 unspecified atom stereocenters. The molecule has 0 fully saturated rings. The van der Waals surface area contributed by atoms with Crippen molar-refractivity contribution in [3.05, 3.63) is 65.2 Å². The Morgan fingerprint density at radius 2 is 1.86 bits per heavy atom. The maximum atomic E-state index is 13.0. The summed E-state index contributed by atoms with van der Waals surface area (Å²) in [6, 6.07) is 14.2. The van der Waals surface area contributed by atoms with Crippen LogP contribution in [0, 0.1) is 6.92 Å². The van der Waals surface area contributed by atoms with Gasteiger partial charge in [-0.25, -0.2) is 4.98 Å². The van der Waals surface area contributed by atoms with Gasteiger partial charge in [-0.1, -0.05) is 18.2 Å². The maximum absolute atomic E-state index is 13.0. The third-order valence-corrected chi connectivity index (χ3v) is 4.93. The van der Waals surface area contributed by atoms with Crippen LogP contribution in [0.15, 0.2) is 53.9 Å². The molecule has 3 rings (SSSR count). The smallest absolute Gasteiger partial charge is 0.271 e. The molecular weight excluding hydrogens is 376 g/mol. The Bertz CT molecular complexity index is 985. The Balaban J connectivity index is 1.82. The number of methoxy groups -OCH3 is 1. The molecule has 0 atom stereocenters. The molecule has 0 radical (unpaired) electrons. The number of thiazole rings is 1. The molecule has 7 heteroatoms. The molecule has 0 saturated heterocycles. The van der Waals surface area contributed by atoms with Crippen LogP contribution in [0.5, 0.6) is 11.5 Å². The maximum Gasteiger partial charge on any atom is 0.271 e. The molecular formula is C21H20N2O4S. The molecule has 6 nitrogen and oxygen atoms in total. The standard InChI is InChI=1S/C21H20N2O4S/c1-14-13-28-21(22-14)23(17-7-5-4-6-8-17)20(25)12-27-18-10-9-16(15(2)24)11-19(18)26-3/h4-11,13H,12H2,1-3H3. The fourth-order valence-electron chi connectivity index (χ4n) is 2.59. The lowest BCUT2D eigenvalue weighted by atomic mass is 10.1. The Hall–Kier alpha value is -3.19. The zero-order valence-electron chi connectivity index (χ0n) is 15.8. The van der Waals surface area contributed by atoms with Gasteiger partial charge in [0.2, 0.25) is 0 Å². The third kappa shape index (κ3) is 4.37. The first-order valence-electron chi connectivity index (χ1n) is 8.61. The first-order valence-corrected chi connectivity index (χ1v) is 9.49. The summed E-state index contributed by atoms with van der Waals surface area (Å²) in [7, 11) is 1.49. The van der Waals surface area contributed by atoms with Crippen LogP contribution >= 0.6 is 11.3 Å². The number of amides is 1. The second kappa shape index (κ2) is 8.67. The molecule has 1 aromatic heterocycles. The van der Waals surface area contributed by atoms with Crippen molar-refractivity contribution in [3.8, 4) is 11.5 Å². The lowest BCUT2D eigenvalue weighted by Crippen LogP contribution is -2.31. The van der Waals surface area contributed by atoms with Crippen LogP contribution in [0.25, 0.3) is 0 Å². The summed E-state index contributed by atoms with van der Waals surface area (Å²) in [6.45, 7) is 3.15. The van der Waals surface area contributed by atoms with E-state index in [0.29, 0.717) is 27.9 Å². The lowest BCUT2D eigenvalue weighted by Gasteiger charge is -2.20. The van der Waals surface area contributed by atoms with Crippen molar-refractivity contribution in [1.29, 1.82) is 0 Å². The SMILES string of the molecule is COc1cc(C(C)=O)ccc1OCC(=O)N(c1ccccc1)c1nc(C)cs1. The Morgan fingerprint density at radius 1 is 1.11 bits per heavy atom. The monoisotopic (exact) mass is 396 g/mol. The number of rotatable bonds is 7. The van der Waals surface area contributed by atoms with Crippen molar-refractivity contribution in [1.82, 2.24) is 4.98 Å².